The Morgan fingerprint density at radius 3 is 1.94 bits per heavy atom. The number of ketones is 1. The summed E-state index contributed by atoms with van der Waals surface area (Å²) in [7, 11) is 0. The monoisotopic (exact) mass is 418 g/mol. The van der Waals surface area contributed by atoms with E-state index in [-0.39, 0.29) is 25.4 Å². The number of hydrogen-bond acceptors (Lipinski definition) is 5. The molecule has 0 amide bonds. The third-order valence-corrected chi connectivity index (χ3v) is 5.19. The summed E-state index contributed by atoms with van der Waals surface area (Å²) in [5.41, 5.74) is 1.24. The fourth-order valence-corrected chi connectivity index (χ4v) is 3.70. The van der Waals surface area contributed by atoms with E-state index in [0.717, 1.165) is 10.8 Å². The van der Waals surface area contributed by atoms with E-state index in [2.05, 4.69) is 0 Å². The normalized spacial score (nSPS) is 11.8. The number of carbonyl (C=O) groups excluding carboxylic acids is 3. The maximum atomic E-state index is 13.1. The van der Waals surface area contributed by atoms with Gasteiger partial charge >= 0.3 is 11.9 Å². The third kappa shape index (κ3) is 5.37. The molecule has 31 heavy (non-hydrogen) atoms. The standard InChI is InChI=1S/C26H26O5/c1-3-30-25(28)24(26(29)31-4-2)22(17-23(27)19-11-6-5-7-12-19)21-15-14-18-10-8-9-13-20(18)16-21/h5-16,22,24H,3-4,17H2,1-2H3. The Labute approximate surface area is 182 Å². The number of Topliss-reactive ketones (excluding diaryl/α,β-unsaturated/α-hetero) is 1. The molecule has 3 aromatic rings. The first-order chi connectivity index (χ1) is 15.0. The van der Waals surface area contributed by atoms with E-state index in [0.29, 0.717) is 11.1 Å². The highest BCUT2D eigenvalue weighted by Crippen LogP contribution is 2.34. The van der Waals surface area contributed by atoms with Gasteiger partial charge in [-0.3, -0.25) is 14.4 Å². The SMILES string of the molecule is CCOC(=O)C(C(=O)OCC)C(CC(=O)c1ccccc1)c1ccc2ccccc2c1. The van der Waals surface area contributed by atoms with E-state index < -0.39 is 23.8 Å². The second kappa shape index (κ2) is 10.5. The van der Waals surface area contributed by atoms with Gasteiger partial charge in [0.1, 0.15) is 0 Å². The second-order valence-electron chi connectivity index (χ2n) is 7.19. The van der Waals surface area contributed by atoms with Crippen LogP contribution in [0.2, 0.25) is 0 Å². The van der Waals surface area contributed by atoms with Crippen LogP contribution in [0.15, 0.2) is 72.8 Å². The molecule has 0 saturated carbocycles. The summed E-state index contributed by atoms with van der Waals surface area (Å²) in [5, 5.41) is 1.99. The molecule has 0 aromatic heterocycles. The average molecular weight is 418 g/mol. The van der Waals surface area contributed by atoms with Gasteiger partial charge in [0.25, 0.3) is 0 Å². The van der Waals surface area contributed by atoms with Crippen LogP contribution >= 0.6 is 0 Å². The molecule has 0 aliphatic rings. The van der Waals surface area contributed by atoms with Crippen molar-refractivity contribution in [2.75, 3.05) is 13.2 Å². The van der Waals surface area contributed by atoms with Crippen LogP contribution in [0.25, 0.3) is 10.8 Å². The lowest BCUT2D eigenvalue weighted by Crippen LogP contribution is -2.34. The Morgan fingerprint density at radius 1 is 0.742 bits per heavy atom. The lowest BCUT2D eigenvalue weighted by atomic mass is 9.80. The fraction of sp³-hybridized carbons (Fsp3) is 0.269. The van der Waals surface area contributed by atoms with Crippen LogP contribution in [0.3, 0.4) is 0 Å². The van der Waals surface area contributed by atoms with Crippen LogP contribution in [0.5, 0.6) is 0 Å². The molecular formula is C26H26O5. The number of benzene rings is 3. The second-order valence-corrected chi connectivity index (χ2v) is 7.19. The molecule has 5 heteroatoms. The zero-order valence-electron chi connectivity index (χ0n) is 17.7. The quantitative estimate of drug-likeness (QED) is 0.280. The van der Waals surface area contributed by atoms with Gasteiger partial charge in [0.15, 0.2) is 11.7 Å². The minimum absolute atomic E-state index is 0.0232. The Kier molecular flexibility index (Phi) is 7.55. The minimum Gasteiger partial charge on any atom is -0.465 e. The Balaban J connectivity index is 2.06. The van der Waals surface area contributed by atoms with Gasteiger partial charge < -0.3 is 9.47 Å². The Hall–Kier alpha value is -3.47. The summed E-state index contributed by atoms with van der Waals surface area (Å²) in [5.74, 6) is -3.46. The van der Waals surface area contributed by atoms with Gasteiger partial charge in [0, 0.05) is 17.9 Å². The largest absolute Gasteiger partial charge is 0.465 e. The van der Waals surface area contributed by atoms with Crippen molar-refractivity contribution in [3.63, 3.8) is 0 Å². The van der Waals surface area contributed by atoms with Gasteiger partial charge in [0.2, 0.25) is 0 Å². The molecule has 3 rings (SSSR count). The highest BCUT2D eigenvalue weighted by atomic mass is 16.6. The number of carbonyl (C=O) groups is 3. The van der Waals surface area contributed by atoms with Gasteiger partial charge in [-0.2, -0.15) is 0 Å². The maximum absolute atomic E-state index is 13.1. The molecule has 5 nitrogen and oxygen atoms in total. The molecule has 0 bridgehead atoms. The molecule has 0 N–H and O–H groups in total. The summed E-state index contributed by atoms with van der Waals surface area (Å²) in [6, 6.07) is 22.4. The smallest absolute Gasteiger partial charge is 0.320 e. The molecule has 0 heterocycles. The van der Waals surface area contributed by atoms with Crippen molar-refractivity contribution in [3.8, 4) is 0 Å². The molecule has 1 unspecified atom stereocenters. The van der Waals surface area contributed by atoms with Gasteiger partial charge in [0.05, 0.1) is 13.2 Å². The van der Waals surface area contributed by atoms with Crippen LogP contribution in [-0.4, -0.2) is 30.9 Å². The molecule has 0 saturated heterocycles. The third-order valence-electron chi connectivity index (χ3n) is 5.19. The minimum atomic E-state index is -1.23. The molecule has 0 spiro atoms. The summed E-state index contributed by atoms with van der Waals surface area (Å²) in [4.78, 5) is 38.7. The van der Waals surface area contributed by atoms with Gasteiger partial charge in [-0.25, -0.2) is 0 Å². The lowest BCUT2D eigenvalue weighted by Gasteiger charge is -2.24. The molecule has 1 atom stereocenters. The van der Waals surface area contributed by atoms with Crippen molar-refractivity contribution in [3.05, 3.63) is 83.9 Å². The van der Waals surface area contributed by atoms with Gasteiger partial charge in [-0.05, 0) is 30.2 Å². The average Bonchev–Trinajstić information content (AvgIpc) is 2.79. The first-order valence-corrected chi connectivity index (χ1v) is 10.4. The zero-order chi connectivity index (χ0) is 22.2. The molecule has 0 aliphatic carbocycles. The highest BCUT2D eigenvalue weighted by molar-refractivity contribution is 6.00. The molecule has 0 fully saturated rings. The molecule has 0 aliphatic heterocycles. The Bertz CT molecular complexity index is 1040. The molecular weight excluding hydrogens is 392 g/mol. The number of esters is 2. The number of hydrogen-bond donors (Lipinski definition) is 0. The summed E-state index contributed by atoms with van der Waals surface area (Å²) < 4.78 is 10.4. The van der Waals surface area contributed by atoms with E-state index >= 15 is 0 Å². The van der Waals surface area contributed by atoms with Gasteiger partial charge in [-0.1, -0.05) is 72.8 Å². The van der Waals surface area contributed by atoms with Crippen LogP contribution < -0.4 is 0 Å². The summed E-state index contributed by atoms with van der Waals surface area (Å²) in [6.45, 7) is 3.62. The lowest BCUT2D eigenvalue weighted by molar-refractivity contribution is -0.162. The fourth-order valence-electron chi connectivity index (χ4n) is 3.70. The van der Waals surface area contributed by atoms with E-state index in [4.69, 9.17) is 9.47 Å². The van der Waals surface area contributed by atoms with E-state index in [1.165, 1.54) is 0 Å². The van der Waals surface area contributed by atoms with Gasteiger partial charge in [-0.15, -0.1) is 0 Å². The highest BCUT2D eigenvalue weighted by Gasteiger charge is 2.39. The van der Waals surface area contributed by atoms with Crippen LogP contribution in [0, 0.1) is 5.92 Å². The first kappa shape index (κ1) is 22.2. The van der Waals surface area contributed by atoms with Crippen LogP contribution in [0.1, 0.15) is 42.1 Å². The topological polar surface area (TPSA) is 69.7 Å². The number of rotatable bonds is 9. The van der Waals surface area contributed by atoms with E-state index in [9.17, 15) is 14.4 Å². The maximum Gasteiger partial charge on any atom is 0.320 e. The number of ether oxygens (including phenoxy) is 2. The van der Waals surface area contributed by atoms with Crippen molar-refractivity contribution < 1.29 is 23.9 Å². The first-order valence-electron chi connectivity index (χ1n) is 10.4. The van der Waals surface area contributed by atoms with Crippen LogP contribution in [-0.2, 0) is 19.1 Å². The van der Waals surface area contributed by atoms with Crippen molar-refractivity contribution >= 4 is 28.5 Å². The van der Waals surface area contributed by atoms with Crippen molar-refractivity contribution in [2.45, 2.75) is 26.2 Å². The molecule has 3 aromatic carbocycles. The van der Waals surface area contributed by atoms with Crippen molar-refractivity contribution in [1.29, 1.82) is 0 Å². The zero-order valence-corrected chi connectivity index (χ0v) is 17.7. The van der Waals surface area contributed by atoms with Crippen LogP contribution in [0.4, 0.5) is 0 Å². The molecule has 160 valence electrons. The summed E-state index contributed by atoms with van der Waals surface area (Å²) >= 11 is 0. The summed E-state index contributed by atoms with van der Waals surface area (Å²) in [6.07, 6.45) is -0.0232. The predicted molar refractivity (Wildman–Crippen MR) is 119 cm³/mol. The number of fused-ring (bicyclic) bond motifs is 1. The predicted octanol–water partition coefficient (Wildman–Crippen LogP) is 4.94. The molecule has 0 radical (unpaired) electrons. The van der Waals surface area contributed by atoms with Crippen molar-refractivity contribution in [2.24, 2.45) is 5.92 Å². The van der Waals surface area contributed by atoms with E-state index in [1.54, 1.807) is 38.1 Å². The van der Waals surface area contributed by atoms with Crippen molar-refractivity contribution in [1.82, 2.24) is 0 Å². The van der Waals surface area contributed by atoms with E-state index in [1.807, 2.05) is 48.5 Å². The Morgan fingerprint density at radius 2 is 1.32 bits per heavy atom.